The minimum Gasteiger partial charge on any atom is -0.394 e. The summed E-state index contributed by atoms with van der Waals surface area (Å²) in [5.41, 5.74) is -0.817. The Morgan fingerprint density at radius 1 is 0.613 bits per heavy atom. The molecule has 464 valence electrons. The van der Waals surface area contributed by atoms with Gasteiger partial charge in [-0.2, -0.15) is 0 Å². The molecule has 4 saturated heterocycles. The second-order valence-electron chi connectivity index (χ2n) is 25.9. The van der Waals surface area contributed by atoms with Crippen LogP contribution in [-0.4, -0.2) is 249 Å². The molecule has 15 N–H and O–H groups in total. The number of ether oxygens (including phenoxy) is 8. The zero-order valence-corrected chi connectivity index (χ0v) is 48.0. The molecule has 24 nitrogen and oxygen atoms in total. The van der Waals surface area contributed by atoms with E-state index in [4.69, 9.17) is 37.9 Å². The van der Waals surface area contributed by atoms with Crippen LogP contribution in [0.1, 0.15) is 121 Å². The van der Waals surface area contributed by atoms with E-state index in [9.17, 15) is 81.4 Å². The van der Waals surface area contributed by atoms with Crippen molar-refractivity contribution in [1.82, 2.24) is 0 Å². The molecule has 8 aliphatic rings. The molecule has 29 unspecified atom stereocenters. The summed E-state index contributed by atoms with van der Waals surface area (Å²) in [6, 6.07) is 0. The molecular formula is C56H96O24. The maximum atomic E-state index is 14.4. The largest absolute Gasteiger partial charge is 0.394 e. The summed E-state index contributed by atoms with van der Waals surface area (Å²) in [4.78, 5) is 14.4. The van der Waals surface area contributed by atoms with Gasteiger partial charge in [0.1, 0.15) is 103 Å². The summed E-state index contributed by atoms with van der Waals surface area (Å²) in [5, 5.41) is 153. The molecule has 0 aromatic heterocycles. The number of carbonyl (C=O) groups excluding carboxylic acids is 1. The molecule has 4 aliphatic heterocycles. The summed E-state index contributed by atoms with van der Waals surface area (Å²) < 4.78 is 45.5. The average molecular weight is 1150 g/mol. The van der Waals surface area contributed by atoms with Crippen molar-refractivity contribution in [2.45, 2.75) is 261 Å². The Morgan fingerprint density at radius 2 is 1.10 bits per heavy atom. The molecule has 8 rings (SSSR count). The van der Waals surface area contributed by atoms with Crippen LogP contribution in [0.2, 0.25) is 0 Å². The molecule has 7 fully saturated rings. The third-order valence-electron chi connectivity index (χ3n) is 20.7. The fourth-order valence-corrected chi connectivity index (χ4v) is 15.2. The third-order valence-corrected chi connectivity index (χ3v) is 20.7. The van der Waals surface area contributed by atoms with Gasteiger partial charge in [0.15, 0.2) is 25.2 Å². The van der Waals surface area contributed by atoms with Gasteiger partial charge in [-0.15, -0.1) is 0 Å². The van der Waals surface area contributed by atoms with Crippen LogP contribution in [0.4, 0.5) is 0 Å². The quantitative estimate of drug-likeness (QED) is 0.0744. The van der Waals surface area contributed by atoms with E-state index in [0.717, 1.165) is 19.3 Å². The van der Waals surface area contributed by atoms with E-state index in [0.29, 0.717) is 36.4 Å². The second kappa shape index (κ2) is 25.4. The number of fused-ring (bicyclic) bond motifs is 5. The minimum atomic E-state index is -1.85. The number of carbonyl (C=O) groups is 1. The molecule has 29 atom stereocenters. The lowest BCUT2D eigenvalue weighted by Gasteiger charge is -2.65. The zero-order valence-electron chi connectivity index (χ0n) is 48.0. The fraction of sp³-hybridized carbons (Fsp3) is 0.946. The van der Waals surface area contributed by atoms with Crippen molar-refractivity contribution in [2.24, 2.45) is 45.3 Å². The Hall–Kier alpha value is -1.51. The number of aliphatic hydroxyl groups is 15. The fourth-order valence-electron chi connectivity index (χ4n) is 15.2. The third kappa shape index (κ3) is 11.9. The highest BCUT2D eigenvalue weighted by Crippen LogP contribution is 2.74. The van der Waals surface area contributed by atoms with Crippen molar-refractivity contribution in [3.63, 3.8) is 0 Å². The monoisotopic (exact) mass is 1150 g/mol. The number of ketones is 1. The van der Waals surface area contributed by atoms with Gasteiger partial charge in [0.25, 0.3) is 0 Å². The Balaban J connectivity index is 0.000000231. The molecule has 80 heavy (non-hydrogen) atoms. The lowest BCUT2D eigenvalue weighted by Crippen LogP contribution is -2.65. The summed E-state index contributed by atoms with van der Waals surface area (Å²) >= 11 is 0. The molecular weight excluding hydrogens is 1060 g/mol. The summed E-state index contributed by atoms with van der Waals surface area (Å²) in [6.45, 7) is 18.2. The highest BCUT2D eigenvalue weighted by molar-refractivity contribution is 5.88. The smallest absolute Gasteiger partial charge is 0.187 e. The van der Waals surface area contributed by atoms with Crippen LogP contribution in [-0.2, 0) is 42.7 Å². The summed E-state index contributed by atoms with van der Waals surface area (Å²) in [6.07, 6.45) is -22.8. The Kier molecular flexibility index (Phi) is 21.0. The maximum absolute atomic E-state index is 14.4. The average Bonchev–Trinajstić information content (AvgIpc) is 3.68. The first-order chi connectivity index (χ1) is 37.3. The zero-order chi connectivity index (χ0) is 59.5. The Morgan fingerprint density at radius 3 is 1.60 bits per heavy atom. The normalized spacial score (nSPS) is 49.3. The van der Waals surface area contributed by atoms with Crippen molar-refractivity contribution >= 4 is 5.78 Å². The first-order valence-corrected chi connectivity index (χ1v) is 28.8. The van der Waals surface area contributed by atoms with Gasteiger partial charge in [-0.05, 0) is 86.9 Å². The number of Topliss-reactive ketones (excluding diaryl/α,β-unsaturated/α-hetero) is 1. The van der Waals surface area contributed by atoms with Crippen LogP contribution in [0.15, 0.2) is 11.6 Å². The first-order valence-electron chi connectivity index (χ1n) is 28.8. The van der Waals surface area contributed by atoms with E-state index in [1.54, 1.807) is 6.92 Å². The molecule has 0 aromatic carbocycles. The molecule has 0 aromatic rings. The van der Waals surface area contributed by atoms with Crippen LogP contribution in [0, 0.1) is 45.3 Å². The van der Waals surface area contributed by atoms with Gasteiger partial charge in [0.2, 0.25) is 0 Å². The molecule has 0 bridgehead atoms. The lowest BCUT2D eigenvalue weighted by atomic mass is 9.38. The first kappa shape index (κ1) is 66.0. The van der Waals surface area contributed by atoms with E-state index >= 15 is 0 Å². The van der Waals surface area contributed by atoms with E-state index < -0.39 is 172 Å². The minimum absolute atomic E-state index is 0.0357. The topological polar surface area (TPSA) is 394 Å². The highest BCUT2D eigenvalue weighted by atomic mass is 16.8. The molecule has 24 heteroatoms. The summed E-state index contributed by atoms with van der Waals surface area (Å²) in [5.74, 6) is 2.11. The van der Waals surface area contributed by atoms with Gasteiger partial charge in [0.05, 0.1) is 44.2 Å². The van der Waals surface area contributed by atoms with Gasteiger partial charge < -0.3 is 114 Å². The second-order valence-corrected chi connectivity index (χ2v) is 25.9. The van der Waals surface area contributed by atoms with Gasteiger partial charge in [0, 0.05) is 17.3 Å². The molecule has 0 radical (unpaired) electrons. The Bertz CT molecular complexity index is 2070. The van der Waals surface area contributed by atoms with Crippen LogP contribution in [0.3, 0.4) is 0 Å². The molecule has 0 spiro atoms. The maximum Gasteiger partial charge on any atom is 0.187 e. The Labute approximate surface area is 468 Å². The van der Waals surface area contributed by atoms with Crippen LogP contribution in [0.25, 0.3) is 0 Å². The molecule has 4 aliphatic carbocycles. The van der Waals surface area contributed by atoms with E-state index in [2.05, 4.69) is 54.5 Å². The highest BCUT2D eigenvalue weighted by Gasteiger charge is 2.70. The van der Waals surface area contributed by atoms with E-state index in [1.165, 1.54) is 32.3 Å². The van der Waals surface area contributed by atoms with Gasteiger partial charge in [-0.25, -0.2) is 0 Å². The van der Waals surface area contributed by atoms with Crippen molar-refractivity contribution in [3.05, 3.63) is 11.6 Å². The predicted molar refractivity (Wildman–Crippen MR) is 278 cm³/mol. The van der Waals surface area contributed by atoms with Gasteiger partial charge in [-0.3, -0.25) is 4.79 Å². The number of rotatable bonds is 16. The number of hydrogen-bond donors (Lipinski definition) is 15. The van der Waals surface area contributed by atoms with Crippen molar-refractivity contribution < 1.29 is 119 Å². The lowest BCUT2D eigenvalue weighted by molar-refractivity contribution is -0.380. The predicted octanol–water partition coefficient (Wildman–Crippen LogP) is -2.00. The van der Waals surface area contributed by atoms with E-state index in [1.807, 2.05) is 0 Å². The number of hydrogen-bond acceptors (Lipinski definition) is 24. The number of allylic oxidation sites excluding steroid dienone is 1. The van der Waals surface area contributed by atoms with Gasteiger partial charge in [-0.1, -0.05) is 73.5 Å². The van der Waals surface area contributed by atoms with E-state index in [-0.39, 0.29) is 29.3 Å². The van der Waals surface area contributed by atoms with Crippen molar-refractivity contribution in [2.75, 3.05) is 26.4 Å². The molecule has 4 heterocycles. The molecule has 3 saturated carbocycles. The van der Waals surface area contributed by atoms with Crippen LogP contribution in [0.5, 0.6) is 0 Å². The SMILES string of the molecule is CCC(C)C1CCC2(C)C3CC=C4C(CCC(OC5OC(CO)C(O)C(O)C5O)C4(C)C)C3(C)C(=O)CC12C.CCC(OC1OC(COC2OC(CO)C(O)C(O)C2O)C(O)C(O)C1OC1OC(CO)C(O)C(O)C1O)C(C)(C)O. The van der Waals surface area contributed by atoms with Gasteiger partial charge >= 0.3 is 0 Å². The van der Waals surface area contributed by atoms with Crippen LogP contribution >= 0.6 is 0 Å². The standard InChI is InChI=1S/C32H52O7.C24H44O17/c1-8-17(2)18-13-14-30(5)22-11-9-19-20(32(22,7)23(34)15-31(18,30)6)10-12-24(29(19,3)4)39-28-27(37)26(36)25(35)21(16-33)38-28;1-4-11(24(2,3)35)40-23-20(41-22-19(34)16(31)13(28)9(6-26)38-22)17(32)14(29)10(39-23)7-36-21-18(33)15(30)12(27)8(5-25)37-21/h9,17-18,20-22,24-28,33,35-37H,8,10-16H2,1-7H3;8-23,25-35H,4-7H2,1-3H3. The van der Waals surface area contributed by atoms with Crippen LogP contribution < -0.4 is 0 Å². The number of aliphatic hydroxyl groups excluding tert-OH is 14. The molecule has 0 amide bonds. The van der Waals surface area contributed by atoms with Crippen molar-refractivity contribution in [1.29, 1.82) is 0 Å². The van der Waals surface area contributed by atoms with Crippen molar-refractivity contribution in [3.8, 4) is 0 Å². The summed E-state index contributed by atoms with van der Waals surface area (Å²) in [7, 11) is 0.